The van der Waals surface area contributed by atoms with E-state index in [4.69, 9.17) is 17.3 Å². The van der Waals surface area contributed by atoms with Gasteiger partial charge < -0.3 is 5.73 Å². The third-order valence-electron chi connectivity index (χ3n) is 2.99. The number of nitrogens with two attached hydrogens (primary N) is 1. The number of hydrogen-bond donors (Lipinski definition) is 1. The summed E-state index contributed by atoms with van der Waals surface area (Å²) in [6, 6.07) is 14.2. The van der Waals surface area contributed by atoms with E-state index in [1.54, 1.807) is 0 Å². The zero-order valence-corrected chi connectivity index (χ0v) is 12.5. The quantitative estimate of drug-likeness (QED) is 0.873. The van der Waals surface area contributed by atoms with Crippen molar-refractivity contribution in [2.75, 3.05) is 0 Å². The van der Waals surface area contributed by atoms with E-state index < -0.39 is 0 Å². The molecule has 0 aromatic heterocycles. The van der Waals surface area contributed by atoms with Crippen LogP contribution in [0.1, 0.15) is 22.7 Å². The summed E-state index contributed by atoms with van der Waals surface area (Å²) in [6.45, 7) is 1.99. The number of halogens is 2. The number of rotatable bonds is 3. The van der Waals surface area contributed by atoms with E-state index in [9.17, 15) is 0 Å². The molecule has 0 spiro atoms. The fourth-order valence-corrected chi connectivity index (χ4v) is 2.29. The summed E-state index contributed by atoms with van der Waals surface area (Å²) in [5.74, 6) is 0. The molecule has 0 bridgehead atoms. The molecule has 0 amide bonds. The second-order valence-corrected chi connectivity index (χ2v) is 5.77. The van der Waals surface area contributed by atoms with Gasteiger partial charge >= 0.3 is 0 Å². The Morgan fingerprint density at radius 3 is 2.44 bits per heavy atom. The lowest BCUT2D eigenvalue weighted by Crippen LogP contribution is -2.13. The second-order valence-electron chi connectivity index (χ2n) is 4.45. The summed E-state index contributed by atoms with van der Waals surface area (Å²) in [4.78, 5) is 0. The zero-order valence-electron chi connectivity index (χ0n) is 10.2. The molecule has 0 saturated carbocycles. The van der Waals surface area contributed by atoms with Crippen molar-refractivity contribution in [3.05, 3.63) is 68.7 Å². The predicted octanol–water partition coefficient (Wildman–Crippen LogP) is 4.65. The molecule has 2 aromatic rings. The van der Waals surface area contributed by atoms with Gasteiger partial charge in [0.2, 0.25) is 0 Å². The molecule has 1 nitrogen and oxygen atoms in total. The smallest absolute Gasteiger partial charge is 0.0438 e. The predicted molar refractivity (Wildman–Crippen MR) is 81.0 cm³/mol. The van der Waals surface area contributed by atoms with Crippen molar-refractivity contribution >= 4 is 27.5 Å². The van der Waals surface area contributed by atoms with Crippen LogP contribution in [0.15, 0.2) is 46.9 Å². The lowest BCUT2D eigenvalue weighted by Gasteiger charge is -2.13. The molecule has 0 aliphatic carbocycles. The Labute approximate surface area is 121 Å². The third kappa shape index (κ3) is 3.35. The van der Waals surface area contributed by atoms with Gasteiger partial charge in [-0.15, -0.1) is 0 Å². The zero-order chi connectivity index (χ0) is 13.1. The first-order valence-electron chi connectivity index (χ1n) is 5.82. The molecule has 1 unspecified atom stereocenters. The highest BCUT2D eigenvalue weighted by atomic mass is 79.9. The summed E-state index contributed by atoms with van der Waals surface area (Å²) in [6.07, 6.45) is 0.812. The molecule has 0 aliphatic heterocycles. The van der Waals surface area contributed by atoms with Gasteiger partial charge in [-0.1, -0.05) is 51.8 Å². The number of benzene rings is 2. The first kappa shape index (κ1) is 13.6. The first-order chi connectivity index (χ1) is 8.56. The van der Waals surface area contributed by atoms with Crippen molar-refractivity contribution in [2.24, 2.45) is 5.73 Å². The van der Waals surface area contributed by atoms with Gasteiger partial charge in [0.05, 0.1) is 0 Å². The van der Waals surface area contributed by atoms with E-state index in [1.165, 1.54) is 5.56 Å². The van der Waals surface area contributed by atoms with Crippen molar-refractivity contribution in [1.82, 2.24) is 0 Å². The molecule has 0 radical (unpaired) electrons. The normalized spacial score (nSPS) is 12.4. The van der Waals surface area contributed by atoms with Crippen LogP contribution in [0, 0.1) is 6.92 Å². The Kier molecular flexibility index (Phi) is 4.44. The van der Waals surface area contributed by atoms with Crippen molar-refractivity contribution in [1.29, 1.82) is 0 Å². The minimum absolute atomic E-state index is 0.0238. The van der Waals surface area contributed by atoms with Crippen LogP contribution in [0.5, 0.6) is 0 Å². The summed E-state index contributed by atoms with van der Waals surface area (Å²) in [5, 5.41) is 0.777. The monoisotopic (exact) mass is 323 g/mol. The molecule has 1 atom stereocenters. The molecule has 3 heteroatoms. The SMILES string of the molecule is Cc1ccc(C(N)Cc2ccc(Br)cc2)cc1Cl. The average molecular weight is 325 g/mol. The van der Waals surface area contributed by atoms with Crippen LogP contribution < -0.4 is 5.73 Å². The second kappa shape index (κ2) is 5.87. The lowest BCUT2D eigenvalue weighted by molar-refractivity contribution is 0.721. The Bertz CT molecular complexity index is 537. The Morgan fingerprint density at radius 1 is 1.17 bits per heavy atom. The maximum atomic E-state index is 6.21. The van der Waals surface area contributed by atoms with Crippen LogP contribution in [0.2, 0.25) is 5.02 Å². The van der Waals surface area contributed by atoms with E-state index in [0.29, 0.717) is 0 Å². The standard InChI is InChI=1S/C15H15BrClN/c1-10-2-5-12(9-14(10)17)15(18)8-11-3-6-13(16)7-4-11/h2-7,9,15H,8,18H2,1H3. The van der Waals surface area contributed by atoms with Gasteiger partial charge in [-0.25, -0.2) is 0 Å². The van der Waals surface area contributed by atoms with Gasteiger partial charge in [-0.3, -0.25) is 0 Å². The molecule has 0 heterocycles. The van der Waals surface area contributed by atoms with Crippen molar-refractivity contribution < 1.29 is 0 Å². The van der Waals surface area contributed by atoms with Gasteiger partial charge in [-0.05, 0) is 48.2 Å². The minimum Gasteiger partial charge on any atom is -0.324 e. The van der Waals surface area contributed by atoms with Gasteiger partial charge in [0.15, 0.2) is 0 Å². The van der Waals surface area contributed by atoms with Gasteiger partial charge in [0.25, 0.3) is 0 Å². The highest BCUT2D eigenvalue weighted by molar-refractivity contribution is 9.10. The van der Waals surface area contributed by atoms with Crippen LogP contribution in [0.4, 0.5) is 0 Å². The maximum Gasteiger partial charge on any atom is 0.0438 e. The fraction of sp³-hybridized carbons (Fsp3) is 0.200. The average Bonchev–Trinajstić information content (AvgIpc) is 2.35. The van der Waals surface area contributed by atoms with Crippen LogP contribution in [0.3, 0.4) is 0 Å². The van der Waals surface area contributed by atoms with Gasteiger partial charge in [-0.2, -0.15) is 0 Å². The van der Waals surface area contributed by atoms with Crippen molar-refractivity contribution in [2.45, 2.75) is 19.4 Å². The maximum absolute atomic E-state index is 6.21. The lowest BCUT2D eigenvalue weighted by atomic mass is 9.99. The highest BCUT2D eigenvalue weighted by Crippen LogP contribution is 2.23. The van der Waals surface area contributed by atoms with Gasteiger partial charge in [0, 0.05) is 15.5 Å². The molecule has 2 aromatic carbocycles. The van der Waals surface area contributed by atoms with E-state index >= 15 is 0 Å². The van der Waals surface area contributed by atoms with E-state index in [2.05, 4.69) is 28.1 Å². The molecule has 18 heavy (non-hydrogen) atoms. The summed E-state index contributed by atoms with van der Waals surface area (Å²) in [7, 11) is 0. The number of aryl methyl sites for hydroxylation is 1. The van der Waals surface area contributed by atoms with Crippen LogP contribution in [-0.2, 0) is 6.42 Å². The largest absolute Gasteiger partial charge is 0.324 e. The summed E-state index contributed by atoms with van der Waals surface area (Å²) >= 11 is 9.55. The Morgan fingerprint density at radius 2 is 1.83 bits per heavy atom. The van der Waals surface area contributed by atoms with Crippen LogP contribution in [0.25, 0.3) is 0 Å². The summed E-state index contributed by atoms with van der Waals surface area (Å²) in [5.41, 5.74) is 9.60. The van der Waals surface area contributed by atoms with E-state index in [1.807, 2.05) is 37.3 Å². The van der Waals surface area contributed by atoms with Crippen LogP contribution >= 0.6 is 27.5 Å². The molecular formula is C15H15BrClN. The van der Waals surface area contributed by atoms with Crippen molar-refractivity contribution in [3.63, 3.8) is 0 Å². The molecular weight excluding hydrogens is 310 g/mol. The number of hydrogen-bond acceptors (Lipinski definition) is 1. The van der Waals surface area contributed by atoms with Crippen molar-refractivity contribution in [3.8, 4) is 0 Å². The molecule has 2 rings (SSSR count). The van der Waals surface area contributed by atoms with Crippen LogP contribution in [-0.4, -0.2) is 0 Å². The molecule has 94 valence electrons. The highest BCUT2D eigenvalue weighted by Gasteiger charge is 2.08. The molecule has 0 aliphatic rings. The first-order valence-corrected chi connectivity index (χ1v) is 6.99. The fourth-order valence-electron chi connectivity index (χ4n) is 1.83. The molecule has 0 saturated heterocycles. The minimum atomic E-state index is -0.0238. The third-order valence-corrected chi connectivity index (χ3v) is 3.93. The summed E-state index contributed by atoms with van der Waals surface area (Å²) < 4.78 is 1.08. The van der Waals surface area contributed by atoms with E-state index in [-0.39, 0.29) is 6.04 Å². The topological polar surface area (TPSA) is 26.0 Å². The van der Waals surface area contributed by atoms with Gasteiger partial charge in [0.1, 0.15) is 0 Å². The Balaban J connectivity index is 2.13. The molecule has 0 fully saturated rings. The van der Waals surface area contributed by atoms with E-state index in [0.717, 1.165) is 27.0 Å². The molecule has 2 N–H and O–H groups in total. The Hall–Kier alpha value is -0.830.